The van der Waals surface area contributed by atoms with Crippen molar-refractivity contribution >= 4 is 5.91 Å². The second-order valence-electron chi connectivity index (χ2n) is 4.74. The SMILES string of the molecule is CC(C)(C)C1CCNC(=O)CC1. The largest absolute Gasteiger partial charge is 0.356 e. The topological polar surface area (TPSA) is 29.1 Å². The van der Waals surface area contributed by atoms with E-state index in [0.29, 0.717) is 17.8 Å². The van der Waals surface area contributed by atoms with Crippen molar-refractivity contribution in [3.63, 3.8) is 0 Å². The van der Waals surface area contributed by atoms with Crippen LogP contribution in [0.15, 0.2) is 0 Å². The lowest BCUT2D eigenvalue weighted by atomic mass is 9.77. The minimum atomic E-state index is 0.224. The summed E-state index contributed by atoms with van der Waals surface area (Å²) in [6, 6.07) is 0. The zero-order valence-corrected chi connectivity index (χ0v) is 8.31. The molecule has 0 radical (unpaired) electrons. The first kappa shape index (κ1) is 9.56. The van der Waals surface area contributed by atoms with Crippen molar-refractivity contribution in [1.29, 1.82) is 0 Å². The molecule has 1 heterocycles. The summed E-state index contributed by atoms with van der Waals surface area (Å²) in [6.07, 6.45) is 2.90. The van der Waals surface area contributed by atoms with Crippen molar-refractivity contribution in [1.82, 2.24) is 5.32 Å². The maximum absolute atomic E-state index is 11.0. The predicted octanol–water partition coefficient (Wildman–Crippen LogP) is 1.95. The van der Waals surface area contributed by atoms with Gasteiger partial charge in [0.1, 0.15) is 0 Å². The maximum atomic E-state index is 11.0. The number of hydrogen-bond donors (Lipinski definition) is 1. The number of amides is 1. The Kier molecular flexibility index (Phi) is 2.76. The lowest BCUT2D eigenvalue weighted by Crippen LogP contribution is -2.23. The van der Waals surface area contributed by atoms with Crippen molar-refractivity contribution in [3.05, 3.63) is 0 Å². The Morgan fingerprint density at radius 1 is 1.33 bits per heavy atom. The highest BCUT2D eigenvalue weighted by Crippen LogP contribution is 2.32. The van der Waals surface area contributed by atoms with Gasteiger partial charge in [-0.3, -0.25) is 4.79 Å². The highest BCUT2D eigenvalue weighted by atomic mass is 16.1. The van der Waals surface area contributed by atoms with Crippen LogP contribution in [0.4, 0.5) is 0 Å². The second kappa shape index (κ2) is 3.46. The molecular formula is C10H19NO. The number of nitrogens with one attached hydrogen (secondary N) is 1. The number of hydrogen-bond acceptors (Lipinski definition) is 1. The van der Waals surface area contributed by atoms with Crippen LogP contribution >= 0.6 is 0 Å². The van der Waals surface area contributed by atoms with Crippen molar-refractivity contribution in [2.24, 2.45) is 11.3 Å². The van der Waals surface area contributed by atoms with Crippen LogP contribution in [-0.2, 0) is 4.79 Å². The van der Waals surface area contributed by atoms with Gasteiger partial charge in [-0.1, -0.05) is 20.8 Å². The molecule has 0 saturated carbocycles. The lowest BCUT2D eigenvalue weighted by molar-refractivity contribution is -0.120. The van der Waals surface area contributed by atoms with E-state index in [1.54, 1.807) is 0 Å². The van der Waals surface area contributed by atoms with E-state index >= 15 is 0 Å². The first-order chi connectivity index (χ1) is 5.50. The average molecular weight is 169 g/mol. The van der Waals surface area contributed by atoms with Crippen LogP contribution in [0, 0.1) is 11.3 Å². The van der Waals surface area contributed by atoms with Gasteiger partial charge in [-0.05, 0) is 24.2 Å². The Labute approximate surface area is 74.7 Å². The zero-order chi connectivity index (χ0) is 9.19. The molecule has 0 spiro atoms. The molecule has 1 aliphatic heterocycles. The standard InChI is InChI=1S/C10H19NO/c1-10(2,3)8-4-5-9(12)11-7-6-8/h8H,4-7H2,1-3H3,(H,11,12). The highest BCUT2D eigenvalue weighted by molar-refractivity contribution is 5.76. The van der Waals surface area contributed by atoms with E-state index in [-0.39, 0.29) is 5.91 Å². The number of carbonyl (C=O) groups excluding carboxylic acids is 1. The Hall–Kier alpha value is -0.530. The maximum Gasteiger partial charge on any atom is 0.220 e. The third kappa shape index (κ3) is 2.50. The van der Waals surface area contributed by atoms with Crippen LogP contribution in [0.25, 0.3) is 0 Å². The van der Waals surface area contributed by atoms with E-state index in [2.05, 4.69) is 26.1 Å². The van der Waals surface area contributed by atoms with Gasteiger partial charge in [0, 0.05) is 13.0 Å². The van der Waals surface area contributed by atoms with Crippen LogP contribution in [0.3, 0.4) is 0 Å². The van der Waals surface area contributed by atoms with Gasteiger partial charge in [0.25, 0.3) is 0 Å². The van der Waals surface area contributed by atoms with Crippen molar-refractivity contribution in [2.45, 2.75) is 40.0 Å². The van der Waals surface area contributed by atoms with Crippen LogP contribution in [0.1, 0.15) is 40.0 Å². The molecule has 1 aliphatic rings. The predicted molar refractivity (Wildman–Crippen MR) is 49.8 cm³/mol. The molecule has 0 aromatic rings. The molecule has 2 heteroatoms. The summed E-state index contributed by atoms with van der Waals surface area (Å²) in [5, 5.41) is 2.91. The second-order valence-corrected chi connectivity index (χ2v) is 4.74. The molecule has 0 bridgehead atoms. The molecule has 0 aromatic heterocycles. The van der Waals surface area contributed by atoms with E-state index in [0.717, 1.165) is 19.4 Å². The lowest BCUT2D eigenvalue weighted by Gasteiger charge is -2.29. The molecule has 70 valence electrons. The third-order valence-electron chi connectivity index (χ3n) is 2.76. The van der Waals surface area contributed by atoms with E-state index in [1.165, 1.54) is 0 Å². The Morgan fingerprint density at radius 3 is 2.58 bits per heavy atom. The van der Waals surface area contributed by atoms with E-state index in [4.69, 9.17) is 0 Å². The Morgan fingerprint density at radius 2 is 2.00 bits per heavy atom. The molecular weight excluding hydrogens is 150 g/mol. The summed E-state index contributed by atoms with van der Waals surface area (Å²) < 4.78 is 0. The van der Waals surface area contributed by atoms with Crippen LogP contribution in [-0.4, -0.2) is 12.5 Å². The van der Waals surface area contributed by atoms with Gasteiger partial charge in [0.2, 0.25) is 5.91 Å². The quantitative estimate of drug-likeness (QED) is 0.590. The molecule has 2 nitrogen and oxygen atoms in total. The molecule has 1 atom stereocenters. The normalized spacial score (nSPS) is 26.2. The molecule has 1 rings (SSSR count). The van der Waals surface area contributed by atoms with Gasteiger partial charge < -0.3 is 5.32 Å². The van der Waals surface area contributed by atoms with Crippen LogP contribution in [0.5, 0.6) is 0 Å². The summed E-state index contributed by atoms with van der Waals surface area (Å²) in [5.41, 5.74) is 0.353. The van der Waals surface area contributed by atoms with Gasteiger partial charge >= 0.3 is 0 Å². The monoisotopic (exact) mass is 169 g/mol. The fraction of sp³-hybridized carbons (Fsp3) is 0.900. The summed E-state index contributed by atoms with van der Waals surface area (Å²) in [7, 11) is 0. The van der Waals surface area contributed by atoms with E-state index in [9.17, 15) is 4.79 Å². The smallest absolute Gasteiger partial charge is 0.220 e. The minimum absolute atomic E-state index is 0.224. The average Bonchev–Trinajstić information content (AvgIpc) is 2.11. The summed E-state index contributed by atoms with van der Waals surface area (Å²) in [5.74, 6) is 0.915. The van der Waals surface area contributed by atoms with Crippen LogP contribution in [0.2, 0.25) is 0 Å². The van der Waals surface area contributed by atoms with Gasteiger partial charge in [0.05, 0.1) is 0 Å². The third-order valence-corrected chi connectivity index (χ3v) is 2.76. The van der Waals surface area contributed by atoms with Crippen LogP contribution < -0.4 is 5.32 Å². The van der Waals surface area contributed by atoms with Crippen molar-refractivity contribution < 1.29 is 4.79 Å². The molecule has 1 N–H and O–H groups in total. The fourth-order valence-electron chi connectivity index (χ4n) is 1.79. The van der Waals surface area contributed by atoms with Gasteiger partial charge in [0.15, 0.2) is 0 Å². The molecule has 12 heavy (non-hydrogen) atoms. The summed E-state index contributed by atoms with van der Waals surface area (Å²) in [6.45, 7) is 7.63. The van der Waals surface area contributed by atoms with Crippen molar-refractivity contribution in [3.8, 4) is 0 Å². The first-order valence-electron chi connectivity index (χ1n) is 4.77. The molecule has 0 aliphatic carbocycles. The van der Waals surface area contributed by atoms with E-state index in [1.807, 2.05) is 0 Å². The minimum Gasteiger partial charge on any atom is -0.356 e. The molecule has 1 fully saturated rings. The van der Waals surface area contributed by atoms with Crippen molar-refractivity contribution in [2.75, 3.05) is 6.54 Å². The first-order valence-corrected chi connectivity index (χ1v) is 4.77. The molecule has 1 amide bonds. The highest BCUT2D eigenvalue weighted by Gasteiger charge is 2.26. The molecule has 0 aromatic carbocycles. The Balaban J connectivity index is 2.52. The summed E-state index contributed by atoms with van der Waals surface area (Å²) in [4.78, 5) is 11.0. The number of carbonyl (C=O) groups is 1. The summed E-state index contributed by atoms with van der Waals surface area (Å²) >= 11 is 0. The molecule has 1 saturated heterocycles. The zero-order valence-electron chi connectivity index (χ0n) is 8.31. The Bertz CT molecular complexity index is 169. The fourth-order valence-corrected chi connectivity index (χ4v) is 1.79. The number of rotatable bonds is 0. The molecule has 1 unspecified atom stereocenters. The van der Waals surface area contributed by atoms with E-state index < -0.39 is 0 Å². The van der Waals surface area contributed by atoms with Gasteiger partial charge in [-0.2, -0.15) is 0 Å². The van der Waals surface area contributed by atoms with Gasteiger partial charge in [-0.15, -0.1) is 0 Å². The van der Waals surface area contributed by atoms with Gasteiger partial charge in [-0.25, -0.2) is 0 Å².